The highest BCUT2D eigenvalue weighted by Gasteiger charge is 2.27. The summed E-state index contributed by atoms with van der Waals surface area (Å²) in [4.78, 5) is 11.1. The normalized spacial score (nSPS) is 19.2. The predicted molar refractivity (Wildman–Crippen MR) is 59.9 cm³/mol. The number of rotatable bonds is 3. The van der Waals surface area contributed by atoms with E-state index in [9.17, 15) is 4.79 Å². The average Bonchev–Trinajstić information content (AvgIpc) is 2.71. The summed E-state index contributed by atoms with van der Waals surface area (Å²) in [5.74, 6) is 0.829. The van der Waals surface area contributed by atoms with Crippen molar-refractivity contribution in [2.75, 3.05) is 13.2 Å². The van der Waals surface area contributed by atoms with Crippen LogP contribution in [0, 0.1) is 6.92 Å². The number of aryl methyl sites for hydroxylation is 1. The summed E-state index contributed by atoms with van der Waals surface area (Å²) in [7, 11) is 0. The van der Waals surface area contributed by atoms with Crippen molar-refractivity contribution in [1.29, 1.82) is 0 Å². The van der Waals surface area contributed by atoms with Gasteiger partial charge in [0, 0.05) is 19.1 Å². The molecule has 0 radical (unpaired) electrons. The average molecular weight is 239 g/mol. The number of aromatic nitrogens is 3. The highest BCUT2D eigenvalue weighted by Crippen LogP contribution is 2.27. The molecule has 6 nitrogen and oxygen atoms in total. The number of ether oxygens (including phenoxy) is 1. The lowest BCUT2D eigenvalue weighted by atomic mass is 9.99. The number of nitrogens with zero attached hydrogens (tertiary/aromatic N) is 3. The Kier molecular flexibility index (Phi) is 3.42. The summed E-state index contributed by atoms with van der Waals surface area (Å²) >= 11 is 0. The Labute approximate surface area is 99.6 Å². The Morgan fingerprint density at radius 3 is 2.71 bits per heavy atom. The van der Waals surface area contributed by atoms with Gasteiger partial charge in [0.25, 0.3) is 0 Å². The molecule has 6 heteroatoms. The highest BCUT2D eigenvalue weighted by atomic mass is 16.5. The molecule has 0 bridgehead atoms. The third kappa shape index (κ3) is 2.31. The molecule has 0 amide bonds. The van der Waals surface area contributed by atoms with E-state index in [1.54, 1.807) is 18.4 Å². The molecule has 0 aliphatic carbocycles. The summed E-state index contributed by atoms with van der Waals surface area (Å²) < 4.78 is 7.02. The Morgan fingerprint density at radius 1 is 1.47 bits per heavy atom. The first-order valence-electron chi connectivity index (χ1n) is 5.83. The smallest absolute Gasteiger partial charge is 0.326 e. The van der Waals surface area contributed by atoms with E-state index < -0.39 is 12.0 Å². The van der Waals surface area contributed by atoms with Gasteiger partial charge >= 0.3 is 5.97 Å². The van der Waals surface area contributed by atoms with E-state index in [1.165, 1.54) is 0 Å². The van der Waals surface area contributed by atoms with Crippen LogP contribution < -0.4 is 0 Å². The third-order valence-corrected chi connectivity index (χ3v) is 3.22. The quantitative estimate of drug-likeness (QED) is 0.855. The molecule has 1 aliphatic rings. The predicted octanol–water partition coefficient (Wildman–Crippen LogP) is 1.13. The lowest BCUT2D eigenvalue weighted by molar-refractivity contribution is -0.140. The van der Waals surface area contributed by atoms with E-state index in [0.29, 0.717) is 19.0 Å². The van der Waals surface area contributed by atoms with Gasteiger partial charge in [-0.3, -0.25) is 0 Å². The minimum Gasteiger partial charge on any atom is -0.480 e. The van der Waals surface area contributed by atoms with Crippen LogP contribution in [0.15, 0.2) is 0 Å². The van der Waals surface area contributed by atoms with Crippen LogP contribution in [0.25, 0.3) is 0 Å². The molecule has 1 aromatic heterocycles. The summed E-state index contributed by atoms with van der Waals surface area (Å²) in [5, 5.41) is 17.2. The zero-order valence-corrected chi connectivity index (χ0v) is 10.1. The number of hydrogen-bond donors (Lipinski definition) is 1. The number of carbonyl (C=O) groups is 1. The lowest BCUT2D eigenvalue weighted by Gasteiger charge is -2.23. The van der Waals surface area contributed by atoms with Gasteiger partial charge in [0.2, 0.25) is 0 Å². The van der Waals surface area contributed by atoms with Crippen LogP contribution in [0.3, 0.4) is 0 Å². The standard InChI is InChI=1S/C11H17N3O3/c1-7(11(15)16)14-8(2)12-13-10(14)9-3-5-17-6-4-9/h7,9H,3-6H2,1-2H3,(H,15,16). The second-order valence-corrected chi connectivity index (χ2v) is 4.38. The van der Waals surface area contributed by atoms with Crippen molar-refractivity contribution in [2.45, 2.75) is 38.6 Å². The molecule has 0 aromatic carbocycles. The number of aliphatic carboxylic acids is 1. The Balaban J connectivity index is 2.30. The summed E-state index contributed by atoms with van der Waals surface area (Å²) in [6, 6.07) is -0.622. The molecular formula is C11H17N3O3. The maximum Gasteiger partial charge on any atom is 0.326 e. The van der Waals surface area contributed by atoms with Gasteiger partial charge in [-0.25, -0.2) is 4.79 Å². The molecule has 2 heterocycles. The zero-order chi connectivity index (χ0) is 12.4. The highest BCUT2D eigenvalue weighted by molar-refractivity contribution is 5.71. The fourth-order valence-corrected chi connectivity index (χ4v) is 2.21. The first-order chi connectivity index (χ1) is 8.11. The minimum absolute atomic E-state index is 0.256. The van der Waals surface area contributed by atoms with Crippen molar-refractivity contribution in [3.05, 3.63) is 11.6 Å². The van der Waals surface area contributed by atoms with Crippen LogP contribution in [0.5, 0.6) is 0 Å². The zero-order valence-electron chi connectivity index (χ0n) is 10.1. The SMILES string of the molecule is Cc1nnc(C2CCOCC2)n1C(C)C(=O)O. The Hall–Kier alpha value is -1.43. The molecule has 1 unspecified atom stereocenters. The van der Waals surface area contributed by atoms with E-state index in [0.717, 1.165) is 18.7 Å². The molecule has 1 saturated heterocycles. The number of hydrogen-bond acceptors (Lipinski definition) is 4. The minimum atomic E-state index is -0.860. The second kappa shape index (κ2) is 4.83. The fraction of sp³-hybridized carbons (Fsp3) is 0.727. The summed E-state index contributed by atoms with van der Waals surface area (Å²) in [6.45, 7) is 4.85. The first kappa shape index (κ1) is 12.0. The number of carboxylic acids is 1. The lowest BCUT2D eigenvalue weighted by Crippen LogP contribution is -2.23. The van der Waals surface area contributed by atoms with Crippen LogP contribution in [0.2, 0.25) is 0 Å². The maximum atomic E-state index is 11.1. The molecule has 1 fully saturated rings. The Bertz CT molecular complexity index is 410. The van der Waals surface area contributed by atoms with Crippen LogP contribution in [-0.2, 0) is 9.53 Å². The van der Waals surface area contributed by atoms with Crippen molar-refractivity contribution in [3.63, 3.8) is 0 Å². The van der Waals surface area contributed by atoms with E-state index in [1.807, 2.05) is 0 Å². The molecule has 0 spiro atoms. The molecule has 1 aromatic rings. The van der Waals surface area contributed by atoms with E-state index in [4.69, 9.17) is 9.84 Å². The second-order valence-electron chi connectivity index (χ2n) is 4.38. The van der Waals surface area contributed by atoms with Gasteiger partial charge in [-0.15, -0.1) is 10.2 Å². The van der Waals surface area contributed by atoms with Gasteiger partial charge in [-0.05, 0) is 26.7 Å². The van der Waals surface area contributed by atoms with Gasteiger partial charge in [0.05, 0.1) is 0 Å². The van der Waals surface area contributed by atoms with Gasteiger partial charge in [-0.2, -0.15) is 0 Å². The van der Waals surface area contributed by atoms with Crippen LogP contribution in [-0.4, -0.2) is 39.1 Å². The van der Waals surface area contributed by atoms with Crippen molar-refractivity contribution < 1.29 is 14.6 Å². The largest absolute Gasteiger partial charge is 0.480 e. The van der Waals surface area contributed by atoms with Gasteiger partial charge in [0.1, 0.15) is 17.7 Å². The summed E-state index contributed by atoms with van der Waals surface area (Å²) in [5.41, 5.74) is 0. The topological polar surface area (TPSA) is 77.2 Å². The van der Waals surface area contributed by atoms with Crippen molar-refractivity contribution in [2.24, 2.45) is 0 Å². The maximum absolute atomic E-state index is 11.1. The molecule has 17 heavy (non-hydrogen) atoms. The van der Waals surface area contributed by atoms with Gasteiger partial charge < -0.3 is 14.4 Å². The molecule has 94 valence electrons. The third-order valence-electron chi connectivity index (χ3n) is 3.22. The monoisotopic (exact) mass is 239 g/mol. The first-order valence-corrected chi connectivity index (χ1v) is 5.83. The molecule has 1 atom stereocenters. The number of carboxylic acid groups (broad SMARTS) is 1. The van der Waals surface area contributed by atoms with Crippen LogP contribution in [0.1, 0.15) is 43.4 Å². The molecule has 1 aliphatic heterocycles. The van der Waals surface area contributed by atoms with Crippen molar-refractivity contribution in [3.8, 4) is 0 Å². The van der Waals surface area contributed by atoms with Crippen LogP contribution >= 0.6 is 0 Å². The Morgan fingerprint density at radius 2 is 2.12 bits per heavy atom. The van der Waals surface area contributed by atoms with Gasteiger partial charge in [-0.1, -0.05) is 0 Å². The summed E-state index contributed by atoms with van der Waals surface area (Å²) in [6.07, 6.45) is 1.76. The van der Waals surface area contributed by atoms with E-state index in [-0.39, 0.29) is 5.92 Å². The van der Waals surface area contributed by atoms with E-state index in [2.05, 4.69) is 10.2 Å². The molecular weight excluding hydrogens is 222 g/mol. The van der Waals surface area contributed by atoms with E-state index >= 15 is 0 Å². The fourth-order valence-electron chi connectivity index (χ4n) is 2.21. The molecule has 0 saturated carbocycles. The molecule has 2 rings (SSSR count). The van der Waals surface area contributed by atoms with Gasteiger partial charge in [0.15, 0.2) is 0 Å². The van der Waals surface area contributed by atoms with Crippen molar-refractivity contribution in [1.82, 2.24) is 14.8 Å². The van der Waals surface area contributed by atoms with Crippen LogP contribution in [0.4, 0.5) is 0 Å². The van der Waals surface area contributed by atoms with Crippen molar-refractivity contribution >= 4 is 5.97 Å². The molecule has 1 N–H and O–H groups in total.